The van der Waals surface area contributed by atoms with E-state index in [4.69, 9.17) is 0 Å². The van der Waals surface area contributed by atoms with Gasteiger partial charge >= 0.3 is 0 Å². The number of aliphatic hydroxyl groups is 1. The van der Waals surface area contributed by atoms with Crippen LogP contribution in [0.15, 0.2) is 24.4 Å². The summed E-state index contributed by atoms with van der Waals surface area (Å²) in [5.41, 5.74) is 4.30. The van der Waals surface area contributed by atoms with E-state index in [0.717, 1.165) is 0 Å². The summed E-state index contributed by atoms with van der Waals surface area (Å²) in [4.78, 5) is 0. The molecule has 0 saturated carbocycles. The second-order valence-corrected chi connectivity index (χ2v) is 4.51. The Morgan fingerprint density at radius 1 is 1.24 bits per heavy atom. The first kappa shape index (κ1) is 11.8. The highest BCUT2D eigenvalue weighted by Gasteiger charge is 2.06. The molecule has 2 aromatic rings. The van der Waals surface area contributed by atoms with E-state index in [-0.39, 0.29) is 0 Å². The molecule has 0 spiro atoms. The molecular weight excluding hydrogens is 214 g/mol. The summed E-state index contributed by atoms with van der Waals surface area (Å²) in [6, 6.07) is 6.42. The van der Waals surface area contributed by atoms with Crippen molar-refractivity contribution in [1.82, 2.24) is 15.0 Å². The van der Waals surface area contributed by atoms with Gasteiger partial charge in [0.15, 0.2) is 0 Å². The van der Waals surface area contributed by atoms with Gasteiger partial charge in [-0.15, -0.1) is 5.10 Å². The molecule has 1 atom stereocenters. The molecule has 0 radical (unpaired) electrons. The Labute approximate surface area is 101 Å². The zero-order valence-electron chi connectivity index (χ0n) is 10.4. The van der Waals surface area contributed by atoms with Gasteiger partial charge in [0.05, 0.1) is 18.8 Å². The number of benzene rings is 1. The fraction of sp³-hybridized carbons (Fsp3) is 0.385. The van der Waals surface area contributed by atoms with Gasteiger partial charge < -0.3 is 5.11 Å². The first-order valence-corrected chi connectivity index (χ1v) is 5.70. The van der Waals surface area contributed by atoms with Crippen LogP contribution < -0.4 is 0 Å². The van der Waals surface area contributed by atoms with E-state index in [2.05, 4.69) is 42.4 Å². The maximum absolute atomic E-state index is 9.38. The molecule has 1 unspecified atom stereocenters. The minimum atomic E-state index is -0.567. The average molecular weight is 231 g/mol. The van der Waals surface area contributed by atoms with E-state index < -0.39 is 6.10 Å². The van der Waals surface area contributed by atoms with Crippen LogP contribution in [-0.2, 0) is 6.54 Å². The molecule has 17 heavy (non-hydrogen) atoms. The molecule has 90 valence electrons. The Hall–Kier alpha value is -1.68. The van der Waals surface area contributed by atoms with E-state index in [1.165, 1.54) is 16.7 Å². The van der Waals surface area contributed by atoms with Crippen molar-refractivity contribution < 1.29 is 5.11 Å². The number of hydrogen-bond donors (Lipinski definition) is 1. The van der Waals surface area contributed by atoms with Crippen LogP contribution in [0.3, 0.4) is 0 Å². The van der Waals surface area contributed by atoms with Gasteiger partial charge in [0, 0.05) is 0 Å². The highest BCUT2D eigenvalue weighted by molar-refractivity contribution is 5.28. The topological polar surface area (TPSA) is 50.9 Å². The molecule has 1 aromatic carbocycles. The number of aliphatic hydroxyl groups excluding tert-OH is 1. The summed E-state index contributed by atoms with van der Waals surface area (Å²) in [5.74, 6) is 0. The molecule has 1 N–H and O–H groups in total. The quantitative estimate of drug-likeness (QED) is 0.879. The van der Waals surface area contributed by atoms with Crippen LogP contribution >= 0.6 is 0 Å². The van der Waals surface area contributed by atoms with Gasteiger partial charge in [-0.3, -0.25) is 0 Å². The fourth-order valence-corrected chi connectivity index (χ4v) is 1.93. The second kappa shape index (κ2) is 4.67. The van der Waals surface area contributed by atoms with Crippen LogP contribution in [0.1, 0.15) is 35.4 Å². The lowest BCUT2D eigenvalue weighted by Crippen LogP contribution is -2.01. The van der Waals surface area contributed by atoms with Crippen LogP contribution in [0, 0.1) is 13.8 Å². The predicted molar refractivity (Wildman–Crippen MR) is 65.7 cm³/mol. The Bertz CT molecular complexity index is 497. The lowest BCUT2D eigenvalue weighted by atomic mass is 10.1. The van der Waals surface area contributed by atoms with Gasteiger partial charge in [-0.2, -0.15) is 0 Å². The van der Waals surface area contributed by atoms with Crippen molar-refractivity contribution in [2.75, 3.05) is 0 Å². The van der Waals surface area contributed by atoms with E-state index in [1.807, 2.05) is 0 Å². The SMILES string of the molecule is Cc1cc(C)cc(Cn2cc(C(C)O)nn2)c1. The van der Waals surface area contributed by atoms with Gasteiger partial charge in [-0.25, -0.2) is 4.68 Å². The molecule has 1 aromatic heterocycles. The molecule has 0 aliphatic carbocycles. The first-order valence-electron chi connectivity index (χ1n) is 5.70. The first-order chi connectivity index (χ1) is 8.04. The standard InChI is InChI=1S/C13H17N3O/c1-9-4-10(2)6-12(5-9)7-16-8-13(11(3)17)14-15-16/h4-6,8,11,17H,7H2,1-3H3. The van der Waals surface area contributed by atoms with Crippen LogP contribution in [-0.4, -0.2) is 20.1 Å². The van der Waals surface area contributed by atoms with Crippen molar-refractivity contribution in [2.24, 2.45) is 0 Å². The molecule has 2 rings (SSSR count). The number of nitrogens with zero attached hydrogens (tertiary/aromatic N) is 3. The van der Waals surface area contributed by atoms with Crippen molar-refractivity contribution in [3.63, 3.8) is 0 Å². The molecule has 0 bridgehead atoms. The summed E-state index contributed by atoms with van der Waals surface area (Å²) in [6.07, 6.45) is 1.21. The summed E-state index contributed by atoms with van der Waals surface area (Å²) >= 11 is 0. The van der Waals surface area contributed by atoms with Crippen molar-refractivity contribution in [3.05, 3.63) is 46.8 Å². The van der Waals surface area contributed by atoms with Crippen LogP contribution in [0.5, 0.6) is 0 Å². The van der Waals surface area contributed by atoms with Gasteiger partial charge in [-0.1, -0.05) is 34.5 Å². The number of aryl methyl sites for hydroxylation is 2. The van der Waals surface area contributed by atoms with Crippen LogP contribution in [0.25, 0.3) is 0 Å². The Morgan fingerprint density at radius 3 is 2.41 bits per heavy atom. The molecule has 1 heterocycles. The van der Waals surface area contributed by atoms with Crippen molar-refractivity contribution in [2.45, 2.75) is 33.4 Å². The molecular formula is C13H17N3O. The number of aromatic nitrogens is 3. The maximum Gasteiger partial charge on any atom is 0.111 e. The van der Waals surface area contributed by atoms with E-state index >= 15 is 0 Å². The minimum absolute atomic E-state index is 0.567. The van der Waals surface area contributed by atoms with Crippen molar-refractivity contribution in [1.29, 1.82) is 0 Å². The third-order valence-corrected chi connectivity index (χ3v) is 2.61. The summed E-state index contributed by atoms with van der Waals surface area (Å²) in [7, 11) is 0. The summed E-state index contributed by atoms with van der Waals surface area (Å²) in [6.45, 7) is 6.53. The molecule has 0 fully saturated rings. The highest BCUT2D eigenvalue weighted by Crippen LogP contribution is 2.11. The van der Waals surface area contributed by atoms with Crippen LogP contribution in [0.2, 0.25) is 0 Å². The van der Waals surface area contributed by atoms with Crippen molar-refractivity contribution >= 4 is 0 Å². The molecule has 0 aliphatic heterocycles. The number of rotatable bonds is 3. The summed E-state index contributed by atoms with van der Waals surface area (Å²) in [5, 5.41) is 17.3. The average Bonchev–Trinajstić information content (AvgIpc) is 2.64. The zero-order valence-corrected chi connectivity index (χ0v) is 10.4. The lowest BCUT2D eigenvalue weighted by Gasteiger charge is -2.04. The zero-order chi connectivity index (χ0) is 12.4. The third kappa shape index (κ3) is 2.91. The molecule has 0 saturated heterocycles. The van der Waals surface area contributed by atoms with Gasteiger partial charge in [0.1, 0.15) is 5.69 Å². The minimum Gasteiger partial charge on any atom is -0.387 e. The van der Waals surface area contributed by atoms with E-state index in [9.17, 15) is 5.11 Å². The number of hydrogen-bond acceptors (Lipinski definition) is 3. The van der Waals surface area contributed by atoms with Gasteiger partial charge in [0.2, 0.25) is 0 Å². The smallest absolute Gasteiger partial charge is 0.111 e. The molecule has 0 aliphatic rings. The Kier molecular flexibility index (Phi) is 3.24. The predicted octanol–water partition coefficient (Wildman–Crippen LogP) is 2.00. The van der Waals surface area contributed by atoms with E-state index in [0.29, 0.717) is 12.2 Å². The molecule has 0 amide bonds. The van der Waals surface area contributed by atoms with Gasteiger partial charge in [0.25, 0.3) is 0 Å². The Balaban J connectivity index is 2.19. The fourth-order valence-electron chi connectivity index (χ4n) is 1.93. The molecule has 4 nitrogen and oxygen atoms in total. The summed E-state index contributed by atoms with van der Waals surface area (Å²) < 4.78 is 1.75. The largest absolute Gasteiger partial charge is 0.387 e. The van der Waals surface area contributed by atoms with E-state index in [1.54, 1.807) is 17.8 Å². The third-order valence-electron chi connectivity index (χ3n) is 2.61. The molecule has 4 heteroatoms. The lowest BCUT2D eigenvalue weighted by molar-refractivity contribution is 0.194. The second-order valence-electron chi connectivity index (χ2n) is 4.51. The highest BCUT2D eigenvalue weighted by atomic mass is 16.3. The van der Waals surface area contributed by atoms with Gasteiger partial charge in [-0.05, 0) is 26.3 Å². The van der Waals surface area contributed by atoms with Crippen molar-refractivity contribution in [3.8, 4) is 0 Å². The maximum atomic E-state index is 9.38. The monoisotopic (exact) mass is 231 g/mol. The normalized spacial score (nSPS) is 12.7. The Morgan fingerprint density at radius 2 is 1.88 bits per heavy atom. The van der Waals surface area contributed by atoms with Crippen LogP contribution in [0.4, 0.5) is 0 Å².